The summed E-state index contributed by atoms with van der Waals surface area (Å²) in [6.45, 7) is 4.81. The van der Waals surface area contributed by atoms with E-state index in [1.54, 1.807) is 25.3 Å². The van der Waals surface area contributed by atoms with E-state index in [2.05, 4.69) is 13.8 Å². The first-order valence-corrected chi connectivity index (χ1v) is 8.75. The molecule has 0 aliphatic rings. The fourth-order valence-electron chi connectivity index (χ4n) is 1.97. The first-order chi connectivity index (χ1) is 11.0. The molecule has 0 saturated heterocycles. The van der Waals surface area contributed by atoms with Crippen LogP contribution in [0.15, 0.2) is 42.5 Å². The van der Waals surface area contributed by atoms with Crippen LogP contribution in [-0.2, 0) is 0 Å². The van der Waals surface area contributed by atoms with E-state index in [9.17, 15) is 4.79 Å². The molecule has 0 aliphatic carbocycles. The SMILES string of the molecule is COc1ccccc1C(=O)Pc1ccc(OCC(C)C)cc1Cl.[H-].[Li+]. The summed E-state index contributed by atoms with van der Waals surface area (Å²) in [5.74, 6) is 1.75. The van der Waals surface area contributed by atoms with Crippen molar-refractivity contribution in [2.24, 2.45) is 5.92 Å². The zero-order chi connectivity index (χ0) is 16.8. The number of hydrogen-bond acceptors (Lipinski definition) is 3. The van der Waals surface area contributed by atoms with E-state index >= 15 is 0 Å². The number of halogens is 1. The molecule has 0 N–H and O–H groups in total. The van der Waals surface area contributed by atoms with Crippen molar-refractivity contribution in [1.82, 2.24) is 0 Å². The molecule has 0 radical (unpaired) electrons. The summed E-state index contributed by atoms with van der Waals surface area (Å²) in [7, 11) is 1.50. The van der Waals surface area contributed by atoms with E-state index in [0.29, 0.717) is 28.9 Å². The quantitative estimate of drug-likeness (QED) is 0.557. The van der Waals surface area contributed by atoms with Crippen LogP contribution in [0.4, 0.5) is 0 Å². The summed E-state index contributed by atoms with van der Waals surface area (Å²) >= 11 is 6.29. The van der Waals surface area contributed by atoms with Crippen molar-refractivity contribution in [3.05, 3.63) is 53.1 Å². The van der Waals surface area contributed by atoms with Crippen molar-refractivity contribution >= 4 is 31.0 Å². The molecule has 0 heterocycles. The molecule has 124 valence electrons. The minimum Gasteiger partial charge on any atom is -1.00 e. The molecule has 3 nitrogen and oxygen atoms in total. The monoisotopic (exact) mass is 358 g/mol. The van der Waals surface area contributed by atoms with Gasteiger partial charge in [0.05, 0.1) is 24.3 Å². The Labute approximate surface area is 163 Å². The van der Waals surface area contributed by atoms with Gasteiger partial charge in [0.15, 0.2) is 5.52 Å². The smallest absolute Gasteiger partial charge is 1.00 e. The standard InChI is InChI=1S/C18H20ClO3P.Li.H/c1-12(2)11-22-13-8-9-17(15(19)10-13)23-18(20)14-6-4-5-7-16(14)21-3;;/h4-10,12,23H,11H2,1-3H3;;/q;+1;-1. The second-order valence-corrected chi connectivity index (χ2v) is 7.15. The molecule has 24 heavy (non-hydrogen) atoms. The summed E-state index contributed by atoms with van der Waals surface area (Å²) in [4.78, 5) is 12.5. The third kappa shape index (κ3) is 5.83. The summed E-state index contributed by atoms with van der Waals surface area (Å²) in [5.41, 5.74) is 0.574. The van der Waals surface area contributed by atoms with Gasteiger partial charge in [-0.05, 0) is 50.1 Å². The molecular weight excluding hydrogens is 338 g/mol. The van der Waals surface area contributed by atoms with Crippen molar-refractivity contribution in [3.63, 3.8) is 0 Å². The van der Waals surface area contributed by atoms with Crippen LogP contribution in [0.5, 0.6) is 11.5 Å². The van der Waals surface area contributed by atoms with Crippen molar-refractivity contribution in [2.45, 2.75) is 13.8 Å². The number of methoxy groups -OCH3 is 1. The third-order valence-corrected chi connectivity index (χ3v) is 4.80. The molecule has 0 fully saturated rings. The fourth-order valence-corrected chi connectivity index (χ4v) is 3.23. The Morgan fingerprint density at radius 1 is 1.25 bits per heavy atom. The number of carbonyl (C=O) groups excluding carboxylic acids is 1. The molecule has 0 bridgehead atoms. The Bertz CT molecular complexity index is 698. The van der Waals surface area contributed by atoms with Gasteiger partial charge in [-0.25, -0.2) is 0 Å². The number of rotatable bonds is 7. The number of ether oxygens (including phenoxy) is 2. The second kappa shape index (κ2) is 10.1. The van der Waals surface area contributed by atoms with E-state index in [-0.39, 0.29) is 34.4 Å². The van der Waals surface area contributed by atoms with Gasteiger partial charge < -0.3 is 10.9 Å². The van der Waals surface area contributed by atoms with E-state index in [4.69, 9.17) is 21.1 Å². The van der Waals surface area contributed by atoms with Crippen molar-refractivity contribution in [3.8, 4) is 11.5 Å². The predicted molar refractivity (Wildman–Crippen MR) is 98.2 cm³/mol. The predicted octanol–water partition coefficient (Wildman–Crippen LogP) is 1.64. The molecular formula is C18H21ClLiO3P. The number of para-hydroxylation sites is 1. The van der Waals surface area contributed by atoms with Gasteiger partial charge in [-0.15, -0.1) is 0 Å². The molecule has 0 amide bonds. The van der Waals surface area contributed by atoms with Gasteiger partial charge >= 0.3 is 18.9 Å². The summed E-state index contributed by atoms with van der Waals surface area (Å²) in [6, 6.07) is 12.7. The molecule has 2 aromatic carbocycles. The van der Waals surface area contributed by atoms with Gasteiger partial charge in [0.25, 0.3) is 0 Å². The Hall–Kier alpha value is -0.973. The number of hydrogen-bond donors (Lipinski definition) is 0. The largest absolute Gasteiger partial charge is 1.00 e. The molecule has 0 spiro atoms. The first-order valence-electron chi connectivity index (χ1n) is 7.38. The minimum atomic E-state index is -0.0587. The average molecular weight is 359 g/mol. The first kappa shape index (κ1) is 21.1. The fraction of sp³-hybridized carbons (Fsp3) is 0.278. The molecule has 2 rings (SSSR count). The Morgan fingerprint density at radius 3 is 2.58 bits per heavy atom. The molecule has 0 aliphatic heterocycles. The minimum absolute atomic E-state index is 0. The maximum absolute atomic E-state index is 12.5. The van der Waals surface area contributed by atoms with Crippen LogP contribution in [0, 0.1) is 5.92 Å². The van der Waals surface area contributed by atoms with Gasteiger partial charge in [-0.2, -0.15) is 0 Å². The maximum atomic E-state index is 12.5. The van der Waals surface area contributed by atoms with Crippen LogP contribution in [0.1, 0.15) is 25.6 Å². The van der Waals surface area contributed by atoms with Crippen LogP contribution in [0.3, 0.4) is 0 Å². The molecule has 1 unspecified atom stereocenters. The number of benzene rings is 2. The van der Waals surface area contributed by atoms with Crippen LogP contribution >= 0.6 is 20.2 Å². The van der Waals surface area contributed by atoms with Crippen LogP contribution < -0.4 is 33.6 Å². The topological polar surface area (TPSA) is 35.5 Å². The van der Waals surface area contributed by atoms with E-state index < -0.39 is 0 Å². The van der Waals surface area contributed by atoms with E-state index in [1.165, 1.54) is 0 Å². The Balaban J connectivity index is 0.00000288. The van der Waals surface area contributed by atoms with Crippen molar-refractivity contribution in [1.29, 1.82) is 0 Å². The normalized spacial score (nSPS) is 10.7. The van der Waals surface area contributed by atoms with Crippen LogP contribution in [0.2, 0.25) is 5.02 Å². The van der Waals surface area contributed by atoms with Crippen molar-refractivity contribution in [2.75, 3.05) is 13.7 Å². The van der Waals surface area contributed by atoms with Gasteiger partial charge in [0, 0.05) is 0 Å². The zero-order valence-corrected chi connectivity index (χ0v) is 16.2. The summed E-state index contributed by atoms with van der Waals surface area (Å²) in [5, 5.41) is 1.35. The molecule has 2 aromatic rings. The third-order valence-electron chi connectivity index (χ3n) is 3.12. The van der Waals surface area contributed by atoms with Crippen molar-refractivity contribution < 1.29 is 34.6 Å². The maximum Gasteiger partial charge on any atom is 1.00 e. The molecule has 6 heteroatoms. The molecule has 0 saturated carbocycles. The van der Waals surface area contributed by atoms with Gasteiger partial charge in [0.2, 0.25) is 0 Å². The van der Waals surface area contributed by atoms with Crippen LogP contribution in [0.25, 0.3) is 0 Å². The molecule has 1 atom stereocenters. The van der Waals surface area contributed by atoms with Gasteiger partial charge in [0.1, 0.15) is 11.5 Å². The second-order valence-electron chi connectivity index (χ2n) is 5.50. The zero-order valence-electron chi connectivity index (χ0n) is 15.4. The van der Waals surface area contributed by atoms with E-state index in [0.717, 1.165) is 11.1 Å². The number of carbonyl (C=O) groups is 1. The molecule has 0 aromatic heterocycles. The van der Waals surface area contributed by atoms with Crippen LogP contribution in [-0.4, -0.2) is 19.2 Å². The Morgan fingerprint density at radius 2 is 1.96 bits per heavy atom. The van der Waals surface area contributed by atoms with E-state index in [1.807, 2.05) is 24.3 Å². The summed E-state index contributed by atoms with van der Waals surface area (Å²) < 4.78 is 10.9. The summed E-state index contributed by atoms with van der Waals surface area (Å²) in [6.07, 6.45) is 0. The Kier molecular flexibility index (Phi) is 8.88. The van der Waals surface area contributed by atoms with Gasteiger partial charge in [-0.1, -0.05) is 37.6 Å². The van der Waals surface area contributed by atoms with Gasteiger partial charge in [-0.3, -0.25) is 4.79 Å². The average Bonchev–Trinajstić information content (AvgIpc) is 2.55.